The fourth-order valence-electron chi connectivity index (χ4n) is 4.10. The predicted molar refractivity (Wildman–Crippen MR) is 112 cm³/mol. The van der Waals surface area contributed by atoms with Crippen molar-refractivity contribution in [3.05, 3.63) is 53.7 Å². The highest BCUT2D eigenvalue weighted by Crippen LogP contribution is 2.24. The van der Waals surface area contributed by atoms with Crippen molar-refractivity contribution >= 4 is 21.6 Å². The van der Waals surface area contributed by atoms with E-state index < -0.39 is 9.84 Å². The van der Waals surface area contributed by atoms with Gasteiger partial charge in [0.15, 0.2) is 21.3 Å². The van der Waals surface area contributed by atoms with Gasteiger partial charge in [0, 0.05) is 19.1 Å². The van der Waals surface area contributed by atoms with Crippen LogP contribution in [0.3, 0.4) is 0 Å². The van der Waals surface area contributed by atoms with Crippen molar-refractivity contribution in [1.29, 1.82) is 0 Å². The molecule has 8 heteroatoms. The quantitative estimate of drug-likeness (QED) is 0.803. The zero-order chi connectivity index (χ0) is 20.3. The van der Waals surface area contributed by atoms with Crippen molar-refractivity contribution in [2.45, 2.75) is 31.7 Å². The molecule has 4 rings (SSSR count). The van der Waals surface area contributed by atoms with Crippen molar-refractivity contribution in [2.75, 3.05) is 29.5 Å². The van der Waals surface area contributed by atoms with Gasteiger partial charge in [-0.2, -0.15) is 0 Å². The van der Waals surface area contributed by atoms with Gasteiger partial charge < -0.3 is 10.2 Å². The van der Waals surface area contributed by atoms with E-state index in [0.29, 0.717) is 12.3 Å². The molecule has 1 aromatic heterocycles. The Hall–Kier alpha value is -2.48. The van der Waals surface area contributed by atoms with Gasteiger partial charge in [-0.1, -0.05) is 30.3 Å². The zero-order valence-electron chi connectivity index (χ0n) is 16.3. The lowest BCUT2D eigenvalue weighted by atomic mass is 9.90. The normalized spacial score (nSPS) is 21.8. The number of anilines is 1. The van der Waals surface area contributed by atoms with Gasteiger partial charge in [0.2, 0.25) is 0 Å². The number of hydrogen-bond acceptors (Lipinski definition) is 6. The van der Waals surface area contributed by atoms with Gasteiger partial charge in [-0.15, -0.1) is 10.2 Å². The molecule has 2 aromatic rings. The Morgan fingerprint density at radius 2 is 1.79 bits per heavy atom. The maximum Gasteiger partial charge on any atom is 0.272 e. The van der Waals surface area contributed by atoms with E-state index in [2.05, 4.69) is 44.7 Å². The monoisotopic (exact) mass is 414 g/mol. The summed E-state index contributed by atoms with van der Waals surface area (Å²) in [5, 5.41) is 11.0. The maximum absolute atomic E-state index is 12.3. The molecule has 1 amide bonds. The first-order chi connectivity index (χ1) is 14.0. The third kappa shape index (κ3) is 5.12. The fourth-order valence-corrected chi connectivity index (χ4v) is 5.77. The number of aromatic nitrogens is 2. The number of hydrogen-bond donors (Lipinski definition) is 1. The van der Waals surface area contributed by atoms with Gasteiger partial charge in [-0.3, -0.25) is 4.79 Å². The Morgan fingerprint density at radius 1 is 1.03 bits per heavy atom. The Bertz CT molecular complexity index is 940. The lowest BCUT2D eigenvalue weighted by Gasteiger charge is -2.32. The molecule has 1 atom stereocenters. The van der Waals surface area contributed by atoms with Gasteiger partial charge >= 0.3 is 0 Å². The minimum Gasteiger partial charge on any atom is -0.355 e. The number of nitrogens with one attached hydrogen (secondary N) is 1. The highest BCUT2D eigenvalue weighted by molar-refractivity contribution is 7.91. The number of nitrogens with zero attached hydrogens (tertiary/aromatic N) is 3. The average Bonchev–Trinajstić information content (AvgIpc) is 3.07. The van der Waals surface area contributed by atoms with Crippen molar-refractivity contribution in [3.8, 4) is 0 Å². The standard InChI is InChI=1S/C21H26N4O3S/c26-21(22-18-10-13-29(27,28)15-18)19-6-7-20(24-23-19)25-11-8-17(9-12-25)14-16-4-2-1-3-5-16/h1-7,17-18H,8-15H2,(H,22,26). The summed E-state index contributed by atoms with van der Waals surface area (Å²) in [5.41, 5.74) is 1.60. The van der Waals surface area contributed by atoms with Crippen LogP contribution in [-0.2, 0) is 16.3 Å². The molecule has 154 valence electrons. The molecule has 2 aliphatic heterocycles. The van der Waals surface area contributed by atoms with E-state index in [1.165, 1.54) is 5.56 Å². The summed E-state index contributed by atoms with van der Waals surface area (Å²) in [6.07, 6.45) is 3.78. The first-order valence-electron chi connectivity index (χ1n) is 10.1. The smallest absolute Gasteiger partial charge is 0.272 e. The van der Waals surface area contributed by atoms with E-state index in [0.717, 1.165) is 38.2 Å². The molecule has 0 saturated carbocycles. The number of sulfone groups is 1. The minimum absolute atomic E-state index is 0.00216. The zero-order valence-corrected chi connectivity index (χ0v) is 17.1. The molecule has 3 heterocycles. The average molecular weight is 415 g/mol. The molecule has 29 heavy (non-hydrogen) atoms. The molecule has 2 saturated heterocycles. The van der Waals surface area contributed by atoms with Crippen LogP contribution >= 0.6 is 0 Å². The van der Waals surface area contributed by atoms with Gasteiger partial charge in [0.1, 0.15) is 0 Å². The highest BCUT2D eigenvalue weighted by Gasteiger charge is 2.29. The van der Waals surface area contributed by atoms with Gasteiger partial charge in [0.05, 0.1) is 11.5 Å². The third-order valence-corrected chi connectivity index (χ3v) is 7.52. The second kappa shape index (κ2) is 8.49. The molecule has 1 unspecified atom stereocenters. The van der Waals surface area contributed by atoms with Crippen LogP contribution in [0.2, 0.25) is 0 Å². The molecule has 0 bridgehead atoms. The van der Waals surface area contributed by atoms with Crippen molar-refractivity contribution < 1.29 is 13.2 Å². The summed E-state index contributed by atoms with van der Waals surface area (Å²) in [6, 6.07) is 13.7. The molecule has 0 radical (unpaired) electrons. The van der Waals surface area contributed by atoms with Gasteiger partial charge in [-0.25, -0.2) is 8.42 Å². The summed E-state index contributed by atoms with van der Waals surface area (Å²) in [4.78, 5) is 14.5. The molecule has 0 spiro atoms. The van der Waals surface area contributed by atoms with E-state index >= 15 is 0 Å². The minimum atomic E-state index is -3.03. The van der Waals surface area contributed by atoms with Crippen LogP contribution in [0, 0.1) is 5.92 Å². The Kier molecular flexibility index (Phi) is 5.80. The van der Waals surface area contributed by atoms with Crippen LogP contribution in [0.25, 0.3) is 0 Å². The van der Waals surface area contributed by atoms with E-state index in [1.807, 2.05) is 12.1 Å². The van der Waals surface area contributed by atoms with Crippen LogP contribution < -0.4 is 10.2 Å². The van der Waals surface area contributed by atoms with Crippen LogP contribution in [-0.4, -0.2) is 55.2 Å². The summed E-state index contributed by atoms with van der Waals surface area (Å²) >= 11 is 0. The van der Waals surface area contributed by atoms with Gasteiger partial charge in [0.25, 0.3) is 5.91 Å². The van der Waals surface area contributed by atoms with Crippen molar-refractivity contribution in [2.24, 2.45) is 5.92 Å². The Balaban J connectivity index is 1.29. The maximum atomic E-state index is 12.3. The molecule has 1 aromatic carbocycles. The van der Waals surface area contributed by atoms with E-state index in [9.17, 15) is 13.2 Å². The summed E-state index contributed by atoms with van der Waals surface area (Å²) < 4.78 is 23.0. The summed E-state index contributed by atoms with van der Waals surface area (Å²) in [7, 11) is -3.03. The van der Waals surface area contributed by atoms with Crippen LogP contribution in [0.5, 0.6) is 0 Å². The third-order valence-electron chi connectivity index (χ3n) is 5.76. The second-order valence-electron chi connectivity index (χ2n) is 7.97. The van der Waals surface area contributed by atoms with Crippen LogP contribution in [0.4, 0.5) is 5.82 Å². The van der Waals surface area contributed by atoms with Crippen molar-refractivity contribution in [3.63, 3.8) is 0 Å². The topological polar surface area (TPSA) is 92.3 Å². The predicted octanol–water partition coefficient (Wildman–Crippen LogP) is 1.85. The molecular weight excluding hydrogens is 388 g/mol. The number of carbonyl (C=O) groups excluding carboxylic acids is 1. The van der Waals surface area contributed by atoms with Crippen LogP contribution in [0.1, 0.15) is 35.3 Å². The van der Waals surface area contributed by atoms with Crippen molar-refractivity contribution in [1.82, 2.24) is 15.5 Å². The Morgan fingerprint density at radius 3 is 2.41 bits per heavy atom. The van der Waals surface area contributed by atoms with E-state index in [1.54, 1.807) is 6.07 Å². The number of rotatable bonds is 5. The van der Waals surface area contributed by atoms with Gasteiger partial charge in [-0.05, 0) is 49.3 Å². The molecule has 0 aliphatic carbocycles. The summed E-state index contributed by atoms with van der Waals surface area (Å²) in [6.45, 7) is 1.86. The number of benzene rings is 1. The largest absolute Gasteiger partial charge is 0.355 e. The molecule has 2 fully saturated rings. The van der Waals surface area contributed by atoms with E-state index in [-0.39, 0.29) is 29.1 Å². The molecule has 1 N–H and O–H groups in total. The number of piperidine rings is 1. The molecule has 7 nitrogen and oxygen atoms in total. The highest BCUT2D eigenvalue weighted by atomic mass is 32.2. The number of carbonyl (C=O) groups is 1. The Labute approximate surface area is 171 Å². The lowest BCUT2D eigenvalue weighted by Crippen LogP contribution is -2.37. The molecular formula is C21H26N4O3S. The first kappa shape index (κ1) is 19.8. The molecule has 2 aliphatic rings. The van der Waals surface area contributed by atoms with E-state index in [4.69, 9.17) is 0 Å². The second-order valence-corrected chi connectivity index (χ2v) is 10.2. The number of amides is 1. The van der Waals surface area contributed by atoms with Crippen LogP contribution in [0.15, 0.2) is 42.5 Å². The lowest BCUT2D eigenvalue weighted by molar-refractivity contribution is 0.0935. The SMILES string of the molecule is O=C(NC1CCS(=O)(=O)C1)c1ccc(N2CCC(Cc3ccccc3)CC2)nn1. The summed E-state index contributed by atoms with van der Waals surface area (Å²) in [5.74, 6) is 1.22. The first-order valence-corrected chi connectivity index (χ1v) is 11.9. The fraction of sp³-hybridized carbons (Fsp3) is 0.476.